The van der Waals surface area contributed by atoms with E-state index in [2.05, 4.69) is 9.88 Å². The Hall–Kier alpha value is -1.09. The van der Waals surface area contributed by atoms with E-state index in [0.29, 0.717) is 5.75 Å². The Kier molecular flexibility index (Phi) is 2.19. The number of aryl methyl sites for hydroxylation is 1. The first kappa shape index (κ1) is 8.51. The lowest BCUT2D eigenvalue weighted by atomic mass is 10.2. The molecule has 0 aromatic carbocycles. The SMILES string of the molecule is Cc1ccc(O)c(CN2CCC2)n1. The summed E-state index contributed by atoms with van der Waals surface area (Å²) in [6.45, 7) is 5.00. The number of aromatic hydroxyl groups is 1. The van der Waals surface area contributed by atoms with E-state index < -0.39 is 0 Å². The molecular formula is C10H14N2O. The Morgan fingerprint density at radius 2 is 2.23 bits per heavy atom. The normalized spacial score (nSPS) is 17.0. The van der Waals surface area contributed by atoms with Crippen LogP contribution in [0.3, 0.4) is 0 Å². The van der Waals surface area contributed by atoms with Gasteiger partial charge in [-0.3, -0.25) is 9.88 Å². The number of likely N-dealkylation sites (tertiary alicyclic amines) is 1. The van der Waals surface area contributed by atoms with Gasteiger partial charge in [-0.25, -0.2) is 0 Å². The highest BCUT2D eigenvalue weighted by molar-refractivity contribution is 5.27. The fraction of sp³-hybridized carbons (Fsp3) is 0.500. The van der Waals surface area contributed by atoms with Gasteiger partial charge in [0.05, 0.1) is 5.69 Å². The predicted molar refractivity (Wildman–Crippen MR) is 50.5 cm³/mol. The van der Waals surface area contributed by atoms with E-state index in [0.717, 1.165) is 31.0 Å². The molecule has 13 heavy (non-hydrogen) atoms. The summed E-state index contributed by atoms with van der Waals surface area (Å²) in [5.41, 5.74) is 1.77. The zero-order valence-electron chi connectivity index (χ0n) is 7.82. The van der Waals surface area contributed by atoms with Gasteiger partial charge in [0.15, 0.2) is 0 Å². The predicted octanol–water partition coefficient (Wildman–Crippen LogP) is 1.30. The molecule has 1 aliphatic heterocycles. The Bertz CT molecular complexity index is 308. The Balaban J connectivity index is 2.13. The topological polar surface area (TPSA) is 36.4 Å². The van der Waals surface area contributed by atoms with Crippen LogP contribution in [0.1, 0.15) is 17.8 Å². The van der Waals surface area contributed by atoms with Gasteiger partial charge in [-0.05, 0) is 38.6 Å². The maximum atomic E-state index is 9.51. The van der Waals surface area contributed by atoms with Gasteiger partial charge in [0.25, 0.3) is 0 Å². The molecule has 2 rings (SSSR count). The minimum atomic E-state index is 0.317. The summed E-state index contributed by atoms with van der Waals surface area (Å²) in [6, 6.07) is 3.55. The highest BCUT2D eigenvalue weighted by Gasteiger charge is 2.16. The number of rotatable bonds is 2. The summed E-state index contributed by atoms with van der Waals surface area (Å²) in [7, 11) is 0. The van der Waals surface area contributed by atoms with Crippen LogP contribution in [-0.2, 0) is 6.54 Å². The van der Waals surface area contributed by atoms with Gasteiger partial charge < -0.3 is 5.11 Å². The molecule has 0 spiro atoms. The minimum Gasteiger partial charge on any atom is -0.506 e. The maximum Gasteiger partial charge on any atom is 0.138 e. The lowest BCUT2D eigenvalue weighted by molar-refractivity contribution is 0.168. The molecule has 0 aliphatic carbocycles. The molecule has 70 valence electrons. The van der Waals surface area contributed by atoms with E-state index in [4.69, 9.17) is 0 Å². The standard InChI is InChI=1S/C10H14N2O/c1-8-3-4-10(13)9(11-8)7-12-5-2-6-12/h3-4,13H,2,5-7H2,1H3. The van der Waals surface area contributed by atoms with E-state index in [1.165, 1.54) is 6.42 Å². The number of pyridine rings is 1. The molecule has 3 heteroatoms. The first-order valence-electron chi connectivity index (χ1n) is 4.63. The molecule has 1 aromatic heterocycles. The van der Waals surface area contributed by atoms with Crippen LogP contribution in [0, 0.1) is 6.92 Å². The molecular weight excluding hydrogens is 164 g/mol. The monoisotopic (exact) mass is 178 g/mol. The quantitative estimate of drug-likeness (QED) is 0.741. The van der Waals surface area contributed by atoms with Crippen molar-refractivity contribution >= 4 is 0 Å². The molecule has 3 nitrogen and oxygen atoms in total. The van der Waals surface area contributed by atoms with Gasteiger partial charge in [0, 0.05) is 12.2 Å². The van der Waals surface area contributed by atoms with E-state index in [9.17, 15) is 5.11 Å². The summed E-state index contributed by atoms with van der Waals surface area (Å²) in [6.07, 6.45) is 1.27. The molecule has 1 aliphatic rings. The van der Waals surface area contributed by atoms with Crippen LogP contribution < -0.4 is 0 Å². The first-order valence-corrected chi connectivity index (χ1v) is 4.63. The second-order valence-corrected chi connectivity index (χ2v) is 3.55. The van der Waals surface area contributed by atoms with Crippen molar-refractivity contribution in [2.75, 3.05) is 13.1 Å². The van der Waals surface area contributed by atoms with Gasteiger partial charge in [0.2, 0.25) is 0 Å². The van der Waals surface area contributed by atoms with Crippen LogP contribution in [-0.4, -0.2) is 28.1 Å². The summed E-state index contributed by atoms with van der Waals surface area (Å²) in [4.78, 5) is 6.58. The molecule has 2 heterocycles. The van der Waals surface area contributed by atoms with Crippen molar-refractivity contribution in [3.8, 4) is 5.75 Å². The third-order valence-corrected chi connectivity index (χ3v) is 2.41. The van der Waals surface area contributed by atoms with Crippen LogP contribution in [0.2, 0.25) is 0 Å². The minimum absolute atomic E-state index is 0.317. The lowest BCUT2D eigenvalue weighted by Gasteiger charge is -2.30. The van der Waals surface area contributed by atoms with E-state index in [1.54, 1.807) is 6.07 Å². The fourth-order valence-electron chi connectivity index (χ4n) is 1.47. The smallest absolute Gasteiger partial charge is 0.138 e. The van der Waals surface area contributed by atoms with Crippen LogP contribution in [0.25, 0.3) is 0 Å². The van der Waals surface area contributed by atoms with Crippen molar-refractivity contribution in [2.45, 2.75) is 19.9 Å². The highest BCUT2D eigenvalue weighted by atomic mass is 16.3. The van der Waals surface area contributed by atoms with Gasteiger partial charge in [-0.15, -0.1) is 0 Å². The second-order valence-electron chi connectivity index (χ2n) is 3.55. The summed E-state index contributed by atoms with van der Waals surface area (Å²) < 4.78 is 0. The van der Waals surface area contributed by atoms with Crippen molar-refractivity contribution in [2.24, 2.45) is 0 Å². The molecule has 0 bridgehead atoms. The molecule has 0 radical (unpaired) electrons. The van der Waals surface area contributed by atoms with Crippen LogP contribution in [0.15, 0.2) is 12.1 Å². The van der Waals surface area contributed by atoms with E-state index in [-0.39, 0.29) is 0 Å². The largest absolute Gasteiger partial charge is 0.506 e. The zero-order chi connectivity index (χ0) is 9.26. The molecule has 1 saturated heterocycles. The van der Waals surface area contributed by atoms with Gasteiger partial charge in [-0.1, -0.05) is 0 Å². The fourth-order valence-corrected chi connectivity index (χ4v) is 1.47. The van der Waals surface area contributed by atoms with Crippen molar-refractivity contribution in [3.63, 3.8) is 0 Å². The van der Waals surface area contributed by atoms with Crippen molar-refractivity contribution < 1.29 is 5.11 Å². The lowest BCUT2D eigenvalue weighted by Crippen LogP contribution is -2.36. The average Bonchev–Trinajstić information content (AvgIpc) is 2.03. The first-order chi connectivity index (χ1) is 6.25. The van der Waals surface area contributed by atoms with E-state index in [1.807, 2.05) is 13.0 Å². The van der Waals surface area contributed by atoms with Crippen LogP contribution in [0.5, 0.6) is 5.75 Å². The van der Waals surface area contributed by atoms with Gasteiger partial charge in [-0.2, -0.15) is 0 Å². The van der Waals surface area contributed by atoms with E-state index >= 15 is 0 Å². The number of aromatic nitrogens is 1. The molecule has 0 amide bonds. The third-order valence-electron chi connectivity index (χ3n) is 2.41. The number of hydrogen-bond donors (Lipinski definition) is 1. The van der Waals surface area contributed by atoms with Crippen molar-refractivity contribution in [3.05, 3.63) is 23.5 Å². The molecule has 0 saturated carbocycles. The number of hydrogen-bond acceptors (Lipinski definition) is 3. The average molecular weight is 178 g/mol. The maximum absolute atomic E-state index is 9.51. The van der Waals surface area contributed by atoms with Crippen LogP contribution >= 0.6 is 0 Å². The van der Waals surface area contributed by atoms with Crippen molar-refractivity contribution in [1.29, 1.82) is 0 Å². The summed E-state index contributed by atoms with van der Waals surface area (Å²) in [5.74, 6) is 0.317. The molecule has 0 atom stereocenters. The summed E-state index contributed by atoms with van der Waals surface area (Å²) in [5, 5.41) is 9.51. The van der Waals surface area contributed by atoms with Gasteiger partial charge in [0.1, 0.15) is 5.75 Å². The molecule has 1 N–H and O–H groups in total. The Morgan fingerprint density at radius 1 is 1.46 bits per heavy atom. The third kappa shape index (κ3) is 1.80. The van der Waals surface area contributed by atoms with Crippen LogP contribution in [0.4, 0.5) is 0 Å². The van der Waals surface area contributed by atoms with Crippen molar-refractivity contribution in [1.82, 2.24) is 9.88 Å². The Morgan fingerprint density at radius 3 is 2.85 bits per heavy atom. The second kappa shape index (κ2) is 3.34. The molecule has 1 fully saturated rings. The highest BCUT2D eigenvalue weighted by Crippen LogP contribution is 2.19. The summed E-state index contributed by atoms with van der Waals surface area (Å²) >= 11 is 0. The zero-order valence-corrected chi connectivity index (χ0v) is 7.82. The molecule has 0 unspecified atom stereocenters. The van der Waals surface area contributed by atoms with Gasteiger partial charge >= 0.3 is 0 Å². The Labute approximate surface area is 78.0 Å². The molecule has 1 aromatic rings. The number of nitrogens with zero attached hydrogens (tertiary/aromatic N) is 2.